The highest BCUT2D eigenvalue weighted by atomic mass is 35.5. The van der Waals surface area contributed by atoms with Crippen LogP contribution in [0.25, 0.3) is 0 Å². The molecular formula is C30H35ClN2O2. The highest BCUT2D eigenvalue weighted by Gasteiger charge is 2.16. The number of nitrogens with zero attached hydrogens (tertiary/aromatic N) is 2. The summed E-state index contributed by atoms with van der Waals surface area (Å²) in [5, 5.41) is 0.714. The summed E-state index contributed by atoms with van der Waals surface area (Å²) in [6.07, 6.45) is 2.63. The molecule has 2 aliphatic rings. The van der Waals surface area contributed by atoms with Crippen molar-refractivity contribution in [3.05, 3.63) is 93.0 Å². The summed E-state index contributed by atoms with van der Waals surface area (Å²) in [6.45, 7) is 12.0. The third kappa shape index (κ3) is 6.00. The predicted octanol–water partition coefficient (Wildman–Crippen LogP) is 6.53. The normalized spacial score (nSPS) is 16.0. The highest BCUT2D eigenvalue weighted by molar-refractivity contribution is 6.32. The molecule has 3 aromatic carbocycles. The molecule has 0 amide bonds. The molecule has 35 heavy (non-hydrogen) atoms. The molecule has 5 heteroatoms. The van der Waals surface area contributed by atoms with E-state index in [4.69, 9.17) is 21.1 Å². The van der Waals surface area contributed by atoms with Crippen molar-refractivity contribution in [2.75, 3.05) is 26.2 Å². The summed E-state index contributed by atoms with van der Waals surface area (Å²) in [5.41, 5.74) is 6.95. The van der Waals surface area contributed by atoms with Gasteiger partial charge in [0.25, 0.3) is 0 Å². The number of aryl methyl sites for hydroxylation is 2. The molecular weight excluding hydrogens is 456 g/mol. The minimum absolute atomic E-state index is 0.434. The zero-order chi connectivity index (χ0) is 24.2. The third-order valence-electron chi connectivity index (χ3n) is 7.11. The van der Waals surface area contributed by atoms with Gasteiger partial charge in [-0.1, -0.05) is 54.1 Å². The first-order valence-electron chi connectivity index (χ1n) is 12.7. The van der Waals surface area contributed by atoms with Gasteiger partial charge in [-0.3, -0.25) is 9.80 Å². The molecule has 0 spiro atoms. The summed E-state index contributed by atoms with van der Waals surface area (Å²) >= 11 is 6.76. The fourth-order valence-electron chi connectivity index (χ4n) is 4.71. The Morgan fingerprint density at radius 2 is 1.14 bits per heavy atom. The molecule has 0 aromatic heterocycles. The molecule has 2 fully saturated rings. The van der Waals surface area contributed by atoms with E-state index in [1.165, 1.54) is 50.1 Å². The first kappa shape index (κ1) is 24.2. The molecule has 2 aliphatic heterocycles. The molecule has 2 heterocycles. The fourth-order valence-corrected chi connectivity index (χ4v) is 4.94. The number of halogens is 1. The van der Waals surface area contributed by atoms with Crippen molar-refractivity contribution in [3.63, 3.8) is 0 Å². The van der Waals surface area contributed by atoms with Crippen LogP contribution in [0, 0.1) is 13.8 Å². The quantitative estimate of drug-likeness (QED) is 0.322. The van der Waals surface area contributed by atoms with Crippen LogP contribution in [0.1, 0.15) is 46.2 Å². The number of rotatable bonds is 10. The molecule has 4 nitrogen and oxygen atoms in total. The molecule has 0 N–H and O–H groups in total. The number of hydrogen-bond acceptors (Lipinski definition) is 4. The van der Waals surface area contributed by atoms with Gasteiger partial charge < -0.3 is 9.47 Å². The Bertz CT molecular complexity index is 1080. The Morgan fingerprint density at radius 1 is 0.686 bits per heavy atom. The van der Waals surface area contributed by atoms with E-state index in [1.807, 2.05) is 18.2 Å². The van der Waals surface area contributed by atoms with Crippen LogP contribution in [-0.2, 0) is 26.3 Å². The molecule has 0 bridgehead atoms. The Kier molecular flexibility index (Phi) is 7.62. The van der Waals surface area contributed by atoms with Gasteiger partial charge in [0.15, 0.2) is 0 Å². The lowest BCUT2D eigenvalue weighted by Gasteiger charge is -2.30. The van der Waals surface area contributed by atoms with Gasteiger partial charge in [0.1, 0.15) is 24.7 Å². The van der Waals surface area contributed by atoms with Gasteiger partial charge in [-0.25, -0.2) is 0 Å². The van der Waals surface area contributed by atoms with Crippen LogP contribution in [0.4, 0.5) is 0 Å². The first-order valence-corrected chi connectivity index (χ1v) is 13.1. The minimum atomic E-state index is 0.434. The standard InChI is InChI=1S/C30H35ClN2O2/c1-22-16-24(18-32-12-4-13-32)8-10-28(22)34-20-26-6-3-7-27(30(26)31)21-35-29-11-9-25(17-23(29)2)19-33-14-5-15-33/h3,6-11,16-17H,4-5,12-15,18-21H2,1-2H3. The molecule has 184 valence electrons. The number of ether oxygens (including phenoxy) is 2. The molecule has 5 rings (SSSR count). The average molecular weight is 491 g/mol. The lowest BCUT2D eigenvalue weighted by Crippen LogP contribution is -2.36. The maximum atomic E-state index is 6.76. The van der Waals surface area contributed by atoms with Crippen LogP contribution >= 0.6 is 11.6 Å². The van der Waals surface area contributed by atoms with Crippen molar-refractivity contribution < 1.29 is 9.47 Å². The van der Waals surface area contributed by atoms with Crippen LogP contribution in [0.2, 0.25) is 5.02 Å². The van der Waals surface area contributed by atoms with Gasteiger partial charge >= 0.3 is 0 Å². The van der Waals surface area contributed by atoms with Crippen molar-refractivity contribution in [3.8, 4) is 11.5 Å². The van der Waals surface area contributed by atoms with Crippen molar-refractivity contribution >= 4 is 11.6 Å². The summed E-state index contributed by atoms with van der Waals surface area (Å²) in [7, 11) is 0. The fraction of sp³-hybridized carbons (Fsp3) is 0.400. The largest absolute Gasteiger partial charge is 0.489 e. The van der Waals surface area contributed by atoms with Gasteiger partial charge in [0, 0.05) is 24.2 Å². The summed E-state index contributed by atoms with van der Waals surface area (Å²) in [4.78, 5) is 4.93. The van der Waals surface area contributed by atoms with Crippen molar-refractivity contribution in [1.82, 2.24) is 9.80 Å². The molecule has 2 saturated heterocycles. The van der Waals surface area contributed by atoms with Gasteiger partial charge in [0.2, 0.25) is 0 Å². The Hall–Kier alpha value is -2.53. The lowest BCUT2D eigenvalue weighted by molar-refractivity contribution is 0.172. The summed E-state index contributed by atoms with van der Waals surface area (Å²) in [5.74, 6) is 1.81. The Labute approximate surface area is 214 Å². The van der Waals surface area contributed by atoms with Crippen LogP contribution in [0.15, 0.2) is 54.6 Å². The second-order valence-corrected chi connectivity index (χ2v) is 10.3. The molecule has 0 unspecified atom stereocenters. The van der Waals surface area contributed by atoms with E-state index < -0.39 is 0 Å². The van der Waals surface area contributed by atoms with Crippen molar-refractivity contribution in [2.45, 2.75) is 53.0 Å². The molecule has 3 aromatic rings. The SMILES string of the molecule is Cc1cc(CN2CCC2)ccc1OCc1cccc(COc2ccc(CN3CCC3)cc2C)c1Cl. The van der Waals surface area contributed by atoms with Crippen LogP contribution in [-0.4, -0.2) is 36.0 Å². The zero-order valence-electron chi connectivity index (χ0n) is 20.9. The van der Waals surface area contributed by atoms with E-state index in [1.54, 1.807) is 0 Å². The van der Waals surface area contributed by atoms with Crippen LogP contribution < -0.4 is 9.47 Å². The van der Waals surface area contributed by atoms with Gasteiger partial charge in [-0.05, 0) is 87.3 Å². The minimum Gasteiger partial charge on any atom is -0.489 e. The summed E-state index contributed by atoms with van der Waals surface area (Å²) < 4.78 is 12.3. The second-order valence-electron chi connectivity index (χ2n) is 9.93. The molecule has 0 aliphatic carbocycles. The number of benzene rings is 3. The van der Waals surface area contributed by atoms with Crippen molar-refractivity contribution in [2.24, 2.45) is 0 Å². The lowest BCUT2D eigenvalue weighted by atomic mass is 10.1. The smallest absolute Gasteiger partial charge is 0.122 e. The van der Waals surface area contributed by atoms with E-state index in [-0.39, 0.29) is 0 Å². The molecule has 0 atom stereocenters. The topological polar surface area (TPSA) is 24.9 Å². The highest BCUT2D eigenvalue weighted by Crippen LogP contribution is 2.28. The Morgan fingerprint density at radius 3 is 1.51 bits per heavy atom. The predicted molar refractivity (Wildman–Crippen MR) is 142 cm³/mol. The van der Waals surface area contributed by atoms with Crippen LogP contribution in [0.3, 0.4) is 0 Å². The Balaban J connectivity index is 1.18. The monoisotopic (exact) mass is 490 g/mol. The van der Waals surface area contributed by atoms with E-state index in [0.717, 1.165) is 46.8 Å². The number of likely N-dealkylation sites (tertiary alicyclic amines) is 2. The summed E-state index contributed by atoms with van der Waals surface area (Å²) in [6, 6.07) is 19.0. The average Bonchev–Trinajstić information content (AvgIpc) is 2.79. The second kappa shape index (κ2) is 11.0. The van der Waals surface area contributed by atoms with E-state index in [9.17, 15) is 0 Å². The van der Waals surface area contributed by atoms with Gasteiger partial charge in [-0.15, -0.1) is 0 Å². The van der Waals surface area contributed by atoms with E-state index >= 15 is 0 Å². The maximum Gasteiger partial charge on any atom is 0.122 e. The van der Waals surface area contributed by atoms with Gasteiger partial charge in [-0.2, -0.15) is 0 Å². The molecule has 0 radical (unpaired) electrons. The van der Waals surface area contributed by atoms with E-state index in [2.05, 4.69) is 60.0 Å². The zero-order valence-corrected chi connectivity index (χ0v) is 21.6. The first-order chi connectivity index (χ1) is 17.0. The maximum absolute atomic E-state index is 6.76. The number of hydrogen-bond donors (Lipinski definition) is 0. The third-order valence-corrected chi connectivity index (χ3v) is 7.60. The van der Waals surface area contributed by atoms with Gasteiger partial charge in [0.05, 0.1) is 5.02 Å². The van der Waals surface area contributed by atoms with E-state index in [0.29, 0.717) is 18.2 Å². The molecule has 0 saturated carbocycles. The van der Waals surface area contributed by atoms with Crippen molar-refractivity contribution in [1.29, 1.82) is 0 Å². The van der Waals surface area contributed by atoms with Crippen LogP contribution in [0.5, 0.6) is 11.5 Å².